The Morgan fingerprint density at radius 3 is 1.81 bits per heavy atom. The first kappa shape index (κ1) is 15.6. The molecule has 0 aliphatic heterocycles. The smallest absolute Gasteiger partial charge is 0.118 e. The van der Waals surface area contributed by atoms with Crippen LogP contribution in [0.5, 0.6) is 5.75 Å². The first-order valence-electron chi connectivity index (χ1n) is 7.60. The monoisotopic (exact) mass is 283 g/mol. The van der Waals surface area contributed by atoms with E-state index in [2.05, 4.69) is 55.6 Å². The van der Waals surface area contributed by atoms with Crippen LogP contribution >= 0.6 is 0 Å². The van der Waals surface area contributed by atoms with Gasteiger partial charge in [-0.1, -0.05) is 50.2 Å². The predicted octanol–water partition coefficient (Wildman–Crippen LogP) is 4.52. The molecule has 2 aromatic carbocycles. The van der Waals surface area contributed by atoms with Gasteiger partial charge in [-0.25, -0.2) is 0 Å². The molecule has 112 valence electrons. The molecule has 0 spiro atoms. The summed E-state index contributed by atoms with van der Waals surface area (Å²) in [5.41, 5.74) is 3.94. The minimum absolute atomic E-state index is 0.210. The van der Waals surface area contributed by atoms with E-state index in [0.717, 1.165) is 5.75 Å². The Labute approximate surface area is 128 Å². The summed E-state index contributed by atoms with van der Waals surface area (Å²) in [7, 11) is 3.69. The minimum Gasteiger partial charge on any atom is -0.497 e. The van der Waals surface area contributed by atoms with Crippen LogP contribution in [0, 0.1) is 0 Å². The highest BCUT2D eigenvalue weighted by molar-refractivity contribution is 5.37. The fraction of sp³-hybridized carbons (Fsp3) is 0.368. The molecule has 2 nitrogen and oxygen atoms in total. The Balaban J connectivity index is 2.23. The third-order valence-corrected chi connectivity index (χ3v) is 4.19. The van der Waals surface area contributed by atoms with E-state index in [1.165, 1.54) is 23.1 Å². The van der Waals surface area contributed by atoms with Gasteiger partial charge in [-0.05, 0) is 48.2 Å². The van der Waals surface area contributed by atoms with Gasteiger partial charge in [0.05, 0.1) is 13.2 Å². The van der Waals surface area contributed by atoms with Crippen LogP contribution in [-0.2, 0) is 0 Å². The molecule has 0 fully saturated rings. The number of ether oxygens (including phenoxy) is 1. The zero-order valence-corrected chi connectivity index (χ0v) is 13.4. The second kappa shape index (κ2) is 7.28. The van der Waals surface area contributed by atoms with Gasteiger partial charge in [0.15, 0.2) is 0 Å². The van der Waals surface area contributed by atoms with Crippen molar-refractivity contribution in [3.63, 3.8) is 0 Å². The van der Waals surface area contributed by atoms with E-state index in [9.17, 15) is 0 Å². The number of hydrogen-bond donors (Lipinski definition) is 1. The van der Waals surface area contributed by atoms with Crippen molar-refractivity contribution in [3.05, 3.63) is 65.2 Å². The summed E-state index contributed by atoms with van der Waals surface area (Å²) in [6.45, 7) is 4.50. The number of nitrogens with one attached hydrogen (secondary N) is 1. The van der Waals surface area contributed by atoms with Crippen LogP contribution in [0.2, 0.25) is 0 Å². The molecule has 0 saturated heterocycles. The maximum Gasteiger partial charge on any atom is 0.118 e. The van der Waals surface area contributed by atoms with Crippen molar-refractivity contribution in [3.8, 4) is 5.75 Å². The number of methoxy groups -OCH3 is 1. The molecule has 2 unspecified atom stereocenters. The third-order valence-electron chi connectivity index (χ3n) is 4.19. The van der Waals surface area contributed by atoms with Crippen molar-refractivity contribution in [2.24, 2.45) is 0 Å². The summed E-state index contributed by atoms with van der Waals surface area (Å²) in [6, 6.07) is 17.4. The Kier molecular flexibility index (Phi) is 5.40. The van der Waals surface area contributed by atoms with Crippen molar-refractivity contribution in [1.82, 2.24) is 5.32 Å². The van der Waals surface area contributed by atoms with Crippen molar-refractivity contribution < 1.29 is 4.74 Å². The van der Waals surface area contributed by atoms with E-state index >= 15 is 0 Å². The fourth-order valence-electron chi connectivity index (χ4n) is 2.57. The Morgan fingerprint density at radius 1 is 0.905 bits per heavy atom. The Hall–Kier alpha value is -1.80. The zero-order chi connectivity index (χ0) is 15.2. The molecule has 0 aliphatic carbocycles. The number of rotatable bonds is 6. The summed E-state index contributed by atoms with van der Waals surface area (Å²) in [6.07, 6.45) is 1.17. The van der Waals surface area contributed by atoms with Gasteiger partial charge in [0.1, 0.15) is 5.75 Å². The summed E-state index contributed by atoms with van der Waals surface area (Å²) < 4.78 is 5.22. The van der Waals surface area contributed by atoms with E-state index in [4.69, 9.17) is 4.74 Å². The second-order valence-electron chi connectivity index (χ2n) is 5.47. The Bertz CT molecular complexity index is 545. The molecule has 0 amide bonds. The average Bonchev–Trinajstić information content (AvgIpc) is 2.56. The zero-order valence-electron chi connectivity index (χ0n) is 13.4. The largest absolute Gasteiger partial charge is 0.497 e. The second-order valence-corrected chi connectivity index (χ2v) is 5.47. The minimum atomic E-state index is 0.210. The van der Waals surface area contributed by atoms with Crippen molar-refractivity contribution in [2.75, 3.05) is 14.2 Å². The number of hydrogen-bond acceptors (Lipinski definition) is 2. The van der Waals surface area contributed by atoms with Gasteiger partial charge in [-0.15, -0.1) is 0 Å². The van der Waals surface area contributed by atoms with Crippen molar-refractivity contribution >= 4 is 0 Å². The molecule has 0 aromatic heterocycles. The lowest BCUT2D eigenvalue weighted by molar-refractivity contribution is 0.414. The van der Waals surface area contributed by atoms with Gasteiger partial charge in [-0.2, -0.15) is 0 Å². The molecule has 0 aliphatic rings. The molecular formula is C19H25NO. The fourth-order valence-corrected chi connectivity index (χ4v) is 2.57. The maximum absolute atomic E-state index is 5.22. The van der Waals surface area contributed by atoms with E-state index in [1.807, 2.05) is 19.2 Å². The van der Waals surface area contributed by atoms with E-state index in [-0.39, 0.29) is 6.04 Å². The van der Waals surface area contributed by atoms with E-state index in [0.29, 0.717) is 5.92 Å². The van der Waals surface area contributed by atoms with Gasteiger partial charge in [0, 0.05) is 0 Å². The first-order chi connectivity index (χ1) is 10.2. The first-order valence-corrected chi connectivity index (χ1v) is 7.60. The van der Waals surface area contributed by atoms with Crippen LogP contribution in [0.3, 0.4) is 0 Å². The lowest BCUT2D eigenvalue weighted by atomic mass is 9.93. The summed E-state index contributed by atoms with van der Waals surface area (Å²) in [5.74, 6) is 1.51. The topological polar surface area (TPSA) is 21.3 Å². The lowest BCUT2D eigenvalue weighted by Gasteiger charge is -2.19. The predicted molar refractivity (Wildman–Crippen MR) is 89.0 cm³/mol. The van der Waals surface area contributed by atoms with Crippen molar-refractivity contribution in [2.45, 2.75) is 32.2 Å². The molecule has 2 aromatic rings. The van der Waals surface area contributed by atoms with Gasteiger partial charge in [-0.3, -0.25) is 0 Å². The molecule has 0 bridgehead atoms. The van der Waals surface area contributed by atoms with Gasteiger partial charge in [0.2, 0.25) is 0 Å². The van der Waals surface area contributed by atoms with Gasteiger partial charge >= 0.3 is 0 Å². The quantitative estimate of drug-likeness (QED) is 0.841. The highest BCUT2D eigenvalue weighted by Gasteiger charge is 2.12. The lowest BCUT2D eigenvalue weighted by Crippen LogP contribution is -2.17. The van der Waals surface area contributed by atoms with Crippen molar-refractivity contribution in [1.29, 1.82) is 0 Å². The van der Waals surface area contributed by atoms with Crippen LogP contribution in [0.1, 0.15) is 48.9 Å². The average molecular weight is 283 g/mol. The Morgan fingerprint density at radius 2 is 1.38 bits per heavy atom. The highest BCUT2D eigenvalue weighted by Crippen LogP contribution is 2.26. The molecule has 2 rings (SSSR count). The molecule has 1 N–H and O–H groups in total. The van der Waals surface area contributed by atoms with Crippen LogP contribution < -0.4 is 10.1 Å². The maximum atomic E-state index is 5.22. The van der Waals surface area contributed by atoms with Gasteiger partial charge in [0.25, 0.3) is 0 Å². The molecule has 21 heavy (non-hydrogen) atoms. The molecule has 0 heterocycles. The highest BCUT2D eigenvalue weighted by atomic mass is 16.5. The molecule has 0 radical (unpaired) electrons. The summed E-state index contributed by atoms with van der Waals surface area (Å²) in [4.78, 5) is 0. The number of benzene rings is 2. The van der Waals surface area contributed by atoms with Crippen LogP contribution in [0.15, 0.2) is 48.5 Å². The van der Waals surface area contributed by atoms with Crippen LogP contribution in [0.4, 0.5) is 0 Å². The normalized spacial score (nSPS) is 13.7. The molecule has 2 atom stereocenters. The van der Waals surface area contributed by atoms with E-state index < -0.39 is 0 Å². The van der Waals surface area contributed by atoms with E-state index in [1.54, 1.807) is 7.11 Å². The van der Waals surface area contributed by atoms with Crippen LogP contribution in [-0.4, -0.2) is 14.2 Å². The summed E-state index contributed by atoms with van der Waals surface area (Å²) in [5, 5.41) is 3.39. The molecular weight excluding hydrogens is 258 g/mol. The van der Waals surface area contributed by atoms with Crippen LogP contribution in [0.25, 0.3) is 0 Å². The molecule has 0 saturated carbocycles. The van der Waals surface area contributed by atoms with Gasteiger partial charge < -0.3 is 10.1 Å². The standard InChI is InChI=1S/C19H25NO/c1-5-14(2)15-6-8-16(9-7-15)19(20-3)17-10-12-18(21-4)13-11-17/h6-14,19-20H,5H2,1-4H3. The SMILES string of the molecule is CCC(C)c1ccc(C(NC)c2ccc(OC)cc2)cc1. The summed E-state index contributed by atoms with van der Waals surface area (Å²) >= 11 is 0. The molecule has 2 heteroatoms. The third kappa shape index (κ3) is 3.64.